The van der Waals surface area contributed by atoms with Crippen molar-refractivity contribution in [2.45, 2.75) is 40.0 Å². The molecule has 0 aliphatic rings. The van der Waals surface area contributed by atoms with Crippen LogP contribution in [0.15, 0.2) is 18.3 Å². The van der Waals surface area contributed by atoms with Crippen LogP contribution in [0.3, 0.4) is 0 Å². The fourth-order valence-electron chi connectivity index (χ4n) is 1.83. The van der Waals surface area contributed by atoms with Crippen LogP contribution in [0.5, 0.6) is 0 Å². The predicted molar refractivity (Wildman–Crippen MR) is 75.5 cm³/mol. The molecule has 0 amide bonds. The molecule has 18 heavy (non-hydrogen) atoms. The minimum Gasteiger partial charge on any atom is -0.357 e. The van der Waals surface area contributed by atoms with E-state index in [1.165, 1.54) is 12.8 Å². The average Bonchev–Trinajstić information content (AvgIpc) is 2.43. The van der Waals surface area contributed by atoms with Crippen LogP contribution in [0.2, 0.25) is 0 Å². The fraction of sp³-hybridized carbons (Fsp3) is 0.600. The number of rotatable bonds is 7. The zero-order chi connectivity index (χ0) is 13.4. The van der Waals surface area contributed by atoms with Gasteiger partial charge in [-0.3, -0.25) is 0 Å². The summed E-state index contributed by atoms with van der Waals surface area (Å²) < 4.78 is 0. The number of nitrogens with zero attached hydrogens (tertiary/aromatic N) is 3. The molecule has 0 aliphatic carbocycles. The first-order chi connectivity index (χ1) is 8.71. The van der Waals surface area contributed by atoms with E-state index in [9.17, 15) is 0 Å². The molecule has 0 unspecified atom stereocenters. The molecule has 98 valence electrons. The summed E-state index contributed by atoms with van der Waals surface area (Å²) in [6.07, 6.45) is 5.18. The van der Waals surface area contributed by atoms with Gasteiger partial charge in [0.2, 0.25) is 0 Å². The molecule has 0 saturated heterocycles. The number of aromatic nitrogens is 1. The molecule has 3 heteroatoms. The molecular weight excluding hydrogens is 222 g/mol. The Bertz CT molecular complexity index is 378. The number of hydrogen-bond acceptors (Lipinski definition) is 3. The van der Waals surface area contributed by atoms with Gasteiger partial charge in [0.1, 0.15) is 11.9 Å². The Balaban J connectivity index is 2.67. The molecule has 1 aromatic heterocycles. The Morgan fingerprint density at radius 1 is 1.33 bits per heavy atom. The zero-order valence-corrected chi connectivity index (χ0v) is 11.7. The SMILES string of the molecule is CCCN(CC[C@H](C)CC)c1ccc(C#N)cn1. The molecule has 0 N–H and O–H groups in total. The number of anilines is 1. The second-order valence-corrected chi connectivity index (χ2v) is 4.81. The predicted octanol–water partition coefficient (Wildman–Crippen LogP) is 3.61. The van der Waals surface area contributed by atoms with E-state index in [1.807, 2.05) is 12.1 Å². The van der Waals surface area contributed by atoms with Gasteiger partial charge < -0.3 is 4.90 Å². The van der Waals surface area contributed by atoms with Crippen LogP contribution in [0.1, 0.15) is 45.6 Å². The molecular formula is C15H23N3. The Hall–Kier alpha value is -1.56. The van der Waals surface area contributed by atoms with E-state index in [1.54, 1.807) is 6.20 Å². The van der Waals surface area contributed by atoms with Gasteiger partial charge in [-0.2, -0.15) is 5.26 Å². The summed E-state index contributed by atoms with van der Waals surface area (Å²) in [5.74, 6) is 1.74. The highest BCUT2D eigenvalue weighted by Crippen LogP contribution is 2.15. The molecule has 1 rings (SSSR count). The lowest BCUT2D eigenvalue weighted by molar-refractivity contribution is 0.509. The molecule has 0 spiro atoms. The van der Waals surface area contributed by atoms with E-state index in [2.05, 4.69) is 36.7 Å². The van der Waals surface area contributed by atoms with Crippen LogP contribution in [-0.4, -0.2) is 18.1 Å². The summed E-state index contributed by atoms with van der Waals surface area (Å²) >= 11 is 0. The van der Waals surface area contributed by atoms with Crippen LogP contribution in [0, 0.1) is 17.2 Å². The maximum Gasteiger partial charge on any atom is 0.128 e. The van der Waals surface area contributed by atoms with Crippen molar-refractivity contribution in [2.75, 3.05) is 18.0 Å². The van der Waals surface area contributed by atoms with Crippen LogP contribution in [0.25, 0.3) is 0 Å². The zero-order valence-electron chi connectivity index (χ0n) is 11.7. The normalized spacial score (nSPS) is 11.9. The minimum absolute atomic E-state index is 0.622. The number of nitriles is 1. The maximum atomic E-state index is 8.77. The second kappa shape index (κ2) is 7.71. The average molecular weight is 245 g/mol. The lowest BCUT2D eigenvalue weighted by Crippen LogP contribution is -2.27. The van der Waals surface area contributed by atoms with Crippen molar-refractivity contribution in [1.82, 2.24) is 4.98 Å². The molecule has 0 aliphatic heterocycles. The summed E-state index contributed by atoms with van der Waals surface area (Å²) in [5.41, 5.74) is 0.622. The highest BCUT2D eigenvalue weighted by molar-refractivity contribution is 5.41. The van der Waals surface area contributed by atoms with E-state index in [0.717, 1.165) is 31.2 Å². The topological polar surface area (TPSA) is 39.9 Å². The third kappa shape index (κ3) is 4.37. The molecule has 1 heterocycles. The summed E-state index contributed by atoms with van der Waals surface area (Å²) in [6, 6.07) is 5.89. The second-order valence-electron chi connectivity index (χ2n) is 4.81. The highest BCUT2D eigenvalue weighted by Gasteiger charge is 2.08. The van der Waals surface area contributed by atoms with Gasteiger partial charge in [0.15, 0.2) is 0 Å². The summed E-state index contributed by atoms with van der Waals surface area (Å²) in [6.45, 7) is 8.77. The van der Waals surface area contributed by atoms with Gasteiger partial charge in [-0.05, 0) is 30.9 Å². The standard InChI is InChI=1S/C15H23N3/c1-4-9-18(10-8-13(3)5-2)15-7-6-14(11-16)12-17-15/h6-7,12-13H,4-5,8-10H2,1-3H3/t13-/m1/s1. The summed E-state index contributed by atoms with van der Waals surface area (Å²) in [5, 5.41) is 8.77. The van der Waals surface area contributed by atoms with Crippen LogP contribution < -0.4 is 4.90 Å². The van der Waals surface area contributed by atoms with E-state index >= 15 is 0 Å². The Morgan fingerprint density at radius 3 is 2.61 bits per heavy atom. The smallest absolute Gasteiger partial charge is 0.128 e. The number of pyridine rings is 1. The summed E-state index contributed by atoms with van der Waals surface area (Å²) in [7, 11) is 0. The lowest BCUT2D eigenvalue weighted by Gasteiger charge is -2.24. The van der Waals surface area contributed by atoms with E-state index < -0.39 is 0 Å². The van der Waals surface area contributed by atoms with Gasteiger partial charge in [-0.1, -0.05) is 27.2 Å². The van der Waals surface area contributed by atoms with Crippen molar-refractivity contribution in [3.05, 3.63) is 23.9 Å². The quantitative estimate of drug-likeness (QED) is 0.736. The monoisotopic (exact) mass is 245 g/mol. The number of hydrogen-bond donors (Lipinski definition) is 0. The molecule has 1 atom stereocenters. The van der Waals surface area contributed by atoms with Crippen molar-refractivity contribution in [2.24, 2.45) is 5.92 Å². The van der Waals surface area contributed by atoms with Gasteiger partial charge in [0, 0.05) is 19.3 Å². The van der Waals surface area contributed by atoms with E-state index in [0.29, 0.717) is 5.56 Å². The molecule has 0 radical (unpaired) electrons. The third-order valence-corrected chi connectivity index (χ3v) is 3.28. The van der Waals surface area contributed by atoms with Gasteiger partial charge in [0.25, 0.3) is 0 Å². The molecule has 0 saturated carbocycles. The first-order valence-electron chi connectivity index (χ1n) is 6.82. The molecule has 0 aromatic carbocycles. The molecule has 1 aromatic rings. The van der Waals surface area contributed by atoms with Crippen molar-refractivity contribution >= 4 is 5.82 Å². The Labute approximate surface area is 110 Å². The van der Waals surface area contributed by atoms with Crippen LogP contribution in [0.4, 0.5) is 5.82 Å². The molecule has 0 bridgehead atoms. The highest BCUT2D eigenvalue weighted by atomic mass is 15.2. The summed E-state index contributed by atoms with van der Waals surface area (Å²) in [4.78, 5) is 6.69. The Morgan fingerprint density at radius 2 is 2.11 bits per heavy atom. The third-order valence-electron chi connectivity index (χ3n) is 3.28. The van der Waals surface area contributed by atoms with Gasteiger partial charge in [-0.15, -0.1) is 0 Å². The van der Waals surface area contributed by atoms with Crippen molar-refractivity contribution in [3.63, 3.8) is 0 Å². The first kappa shape index (κ1) is 14.5. The van der Waals surface area contributed by atoms with Crippen LogP contribution in [-0.2, 0) is 0 Å². The first-order valence-corrected chi connectivity index (χ1v) is 6.82. The van der Waals surface area contributed by atoms with E-state index in [-0.39, 0.29) is 0 Å². The van der Waals surface area contributed by atoms with Gasteiger partial charge in [0.05, 0.1) is 5.56 Å². The maximum absolute atomic E-state index is 8.77. The molecule has 0 fully saturated rings. The van der Waals surface area contributed by atoms with Crippen molar-refractivity contribution < 1.29 is 0 Å². The van der Waals surface area contributed by atoms with E-state index in [4.69, 9.17) is 5.26 Å². The largest absolute Gasteiger partial charge is 0.357 e. The fourth-order valence-corrected chi connectivity index (χ4v) is 1.83. The lowest BCUT2D eigenvalue weighted by atomic mass is 10.1. The van der Waals surface area contributed by atoms with Crippen molar-refractivity contribution in [1.29, 1.82) is 5.26 Å². The Kier molecular flexibility index (Phi) is 6.21. The van der Waals surface area contributed by atoms with Gasteiger partial charge in [-0.25, -0.2) is 4.98 Å². The molecule has 3 nitrogen and oxygen atoms in total. The van der Waals surface area contributed by atoms with Crippen molar-refractivity contribution in [3.8, 4) is 6.07 Å². The minimum atomic E-state index is 0.622. The van der Waals surface area contributed by atoms with Crippen LogP contribution >= 0.6 is 0 Å². The van der Waals surface area contributed by atoms with Gasteiger partial charge >= 0.3 is 0 Å².